The van der Waals surface area contributed by atoms with Gasteiger partial charge in [0.1, 0.15) is 13.2 Å². The molecule has 0 aliphatic carbocycles. The Labute approximate surface area is 402 Å². The molecule has 4 amide bonds. The summed E-state index contributed by atoms with van der Waals surface area (Å²) in [5.74, 6) is -3.36. The maximum Gasteiger partial charge on any atom is 0.508 e. The van der Waals surface area contributed by atoms with Gasteiger partial charge in [0.15, 0.2) is 48.5 Å². The van der Waals surface area contributed by atoms with E-state index in [0.717, 1.165) is 0 Å². The van der Waals surface area contributed by atoms with Gasteiger partial charge < -0.3 is 89.0 Å². The average molecular weight is 1130 g/mol. The van der Waals surface area contributed by atoms with Crippen LogP contribution in [0.5, 0.6) is 0 Å². The van der Waals surface area contributed by atoms with Gasteiger partial charge in [-0.2, -0.15) is 0 Å². The smallest absolute Gasteiger partial charge is 0.477 e. The number of hydrogen-bond acceptors (Lipinski definition) is 20. The van der Waals surface area contributed by atoms with Crippen molar-refractivity contribution in [1.29, 1.82) is 0 Å². The maximum atomic E-state index is 13.5. The molecule has 0 aromatic rings. The standard InChI is InChI=1S/C29H48N10O18P10/c1-8(40)32-16-10(34-24(36-64-60)37-65-61)3-12(22(42)56-58)50-20(16)18(14-5-48-28(46)52-14)54-26(44)30-7-31-27(45)55-19(15-6-49-29(47)53-15)21-17(33-9(2)41)11(4-13(51-21)23(43)57-59)35-25(38-66-62)39-67-63/h3-4,10-11,14-21,64-67H,5-7,58-63H2,1-2H3,(H,30,44)(H,31,45)(H,32,40)(H,33,41)(H2,34,36,37)(H2,35,38,39)/t10-,11-,14+,15+,16+,17+,18+,19+,20+,21+/m0/s1. The van der Waals surface area contributed by atoms with E-state index in [1.165, 1.54) is 26.0 Å². The Morgan fingerprint density at radius 3 is 1.34 bits per heavy atom. The van der Waals surface area contributed by atoms with Crippen molar-refractivity contribution in [3.8, 4) is 0 Å². The number of cyclic esters (lactones) is 4. The van der Waals surface area contributed by atoms with Gasteiger partial charge in [-0.3, -0.25) is 9.59 Å². The number of carbonyl (C=O) groups is 8. The molecule has 372 valence electrons. The van der Waals surface area contributed by atoms with E-state index >= 15 is 0 Å². The van der Waals surface area contributed by atoms with Crippen molar-refractivity contribution in [2.45, 2.75) is 74.6 Å². The molecule has 0 spiro atoms. The quantitative estimate of drug-likeness (QED) is 0.0220. The summed E-state index contributed by atoms with van der Waals surface area (Å²) in [5, 5.41) is 22.2. The third-order valence-corrected chi connectivity index (χ3v) is 12.5. The van der Waals surface area contributed by atoms with Crippen molar-refractivity contribution in [2.75, 3.05) is 19.9 Å². The SMILES string of the molecule is CC(=O)N[C@H]1[C@H]([C@H](OC(=O)NCNC(=O)O[C@@H]([C@@H]2OC(C(=O)OP)=C[C@H](N/C(=N/PP)NPP)[C@H]2NC(C)=O)[C@H]2COC(=O)O2)[C@H]2COC(=O)O2)OC(C(=O)OP)=C[C@@H]1N/C(=N/PP)NPP. The van der Waals surface area contributed by atoms with E-state index in [1.54, 1.807) is 18.9 Å². The molecular formula is C29H48N10O18P10. The molecule has 4 aliphatic rings. The van der Waals surface area contributed by atoms with Crippen molar-refractivity contribution in [3.05, 3.63) is 23.7 Å². The summed E-state index contributed by atoms with van der Waals surface area (Å²) in [4.78, 5) is 102. The summed E-state index contributed by atoms with van der Waals surface area (Å²) in [6, 6.07) is -4.34. The van der Waals surface area contributed by atoms with Crippen LogP contribution in [-0.2, 0) is 66.1 Å². The van der Waals surface area contributed by atoms with E-state index in [1.807, 2.05) is 0 Å². The molecule has 20 atom stereocenters. The summed E-state index contributed by atoms with van der Waals surface area (Å²) in [6.45, 7) is 0.768. The van der Waals surface area contributed by atoms with E-state index in [9.17, 15) is 38.4 Å². The first-order chi connectivity index (χ1) is 32.0. The van der Waals surface area contributed by atoms with Crippen molar-refractivity contribution in [1.82, 2.24) is 42.1 Å². The second-order valence-electron chi connectivity index (χ2n) is 13.3. The zero-order valence-corrected chi connectivity index (χ0v) is 45.7. The number of alkyl carbamates (subject to hydrolysis) is 2. The lowest BCUT2D eigenvalue weighted by molar-refractivity contribution is -0.141. The summed E-state index contributed by atoms with van der Waals surface area (Å²) in [7, 11) is 13.6. The number of nitrogens with zero attached hydrogens (tertiary/aromatic N) is 2. The van der Waals surface area contributed by atoms with Crippen LogP contribution in [0.25, 0.3) is 0 Å². The maximum absolute atomic E-state index is 13.5. The Hall–Kier alpha value is -3.12. The molecule has 2 saturated heterocycles. The molecule has 4 heterocycles. The Morgan fingerprint density at radius 1 is 0.657 bits per heavy atom. The van der Waals surface area contributed by atoms with Crippen LogP contribution in [0.15, 0.2) is 33.2 Å². The van der Waals surface area contributed by atoms with Gasteiger partial charge >= 0.3 is 36.4 Å². The normalized spacial score (nSPS) is 26.1. The van der Waals surface area contributed by atoms with Crippen molar-refractivity contribution >= 4 is 148 Å². The number of nitrogens with one attached hydrogen (secondary N) is 8. The van der Waals surface area contributed by atoms with Crippen molar-refractivity contribution < 1.29 is 85.3 Å². The van der Waals surface area contributed by atoms with Gasteiger partial charge in [0.05, 0.1) is 49.8 Å². The van der Waals surface area contributed by atoms with Crippen LogP contribution in [0.1, 0.15) is 13.8 Å². The Balaban J connectivity index is 1.59. The fourth-order valence-corrected chi connectivity index (χ4v) is 9.52. The molecule has 0 aromatic heterocycles. The zero-order valence-electron chi connectivity index (χ0n) is 34.8. The van der Waals surface area contributed by atoms with Crippen LogP contribution < -0.4 is 42.1 Å². The summed E-state index contributed by atoms with van der Waals surface area (Å²) in [6.07, 6.45) is -11.2. The highest BCUT2D eigenvalue weighted by Crippen LogP contribution is 2.32. The molecule has 67 heavy (non-hydrogen) atoms. The predicted molar refractivity (Wildman–Crippen MR) is 264 cm³/mol. The van der Waals surface area contributed by atoms with Crippen LogP contribution in [-0.4, -0.2) is 141 Å². The first-order valence-corrected chi connectivity index (χ1v) is 30.9. The molecular weight excluding hydrogens is 1090 g/mol. The molecule has 28 nitrogen and oxygen atoms in total. The van der Waals surface area contributed by atoms with Crippen molar-refractivity contribution in [2.24, 2.45) is 9.53 Å². The van der Waals surface area contributed by atoms with Gasteiger partial charge in [-0.15, -0.1) is 0 Å². The third kappa shape index (κ3) is 17.1. The number of hydrogen-bond donors (Lipinski definition) is 8. The Kier molecular flexibility index (Phi) is 24.0. The number of guanidine groups is 2. The topological polar surface area (TPSA) is 350 Å². The van der Waals surface area contributed by atoms with Gasteiger partial charge in [-0.1, -0.05) is 35.7 Å². The Morgan fingerprint density at radius 2 is 1.04 bits per heavy atom. The molecule has 4 rings (SSSR count). The summed E-state index contributed by atoms with van der Waals surface area (Å²) < 4.78 is 62.3. The molecule has 10 unspecified atom stereocenters. The van der Waals surface area contributed by atoms with Crippen LogP contribution in [0.2, 0.25) is 0 Å². The Bertz CT molecular complexity index is 1840. The third-order valence-electron chi connectivity index (χ3n) is 8.92. The van der Waals surface area contributed by atoms with E-state index in [0.29, 0.717) is 0 Å². The molecule has 0 radical (unpaired) electrons. The lowest BCUT2D eigenvalue weighted by Crippen LogP contribution is -2.65. The van der Waals surface area contributed by atoms with E-state index < -0.39 is 129 Å². The second-order valence-corrected chi connectivity index (χ2v) is 19.0. The zero-order chi connectivity index (χ0) is 49.2. The van der Waals surface area contributed by atoms with E-state index in [-0.39, 0.29) is 57.1 Å². The fraction of sp³-hybridized carbons (Fsp3) is 0.517. The number of carbonyl (C=O) groups excluding carboxylic acids is 8. The molecule has 2 fully saturated rings. The molecule has 8 N–H and O–H groups in total. The minimum Gasteiger partial charge on any atom is -0.477 e. The van der Waals surface area contributed by atoms with Gasteiger partial charge in [0.2, 0.25) is 23.3 Å². The van der Waals surface area contributed by atoms with Crippen LogP contribution in [0.3, 0.4) is 0 Å². The summed E-state index contributed by atoms with van der Waals surface area (Å²) in [5.41, 5.74) is 0. The molecule has 0 aromatic carbocycles. The van der Waals surface area contributed by atoms with E-state index in [2.05, 4.69) is 87.3 Å². The highest BCUT2D eigenvalue weighted by atomic mass is 32.0. The molecule has 38 heteroatoms. The monoisotopic (exact) mass is 1130 g/mol. The van der Waals surface area contributed by atoms with Crippen LogP contribution >= 0.6 is 88.3 Å². The number of rotatable bonds is 18. The lowest BCUT2D eigenvalue weighted by Gasteiger charge is -2.41. The first kappa shape index (κ1) is 56.5. The average Bonchev–Trinajstić information content (AvgIpc) is 3.92. The second kappa shape index (κ2) is 28.5. The van der Waals surface area contributed by atoms with E-state index in [4.69, 9.17) is 46.9 Å². The predicted octanol–water partition coefficient (Wildman–Crippen LogP) is -0.212. The van der Waals surface area contributed by atoms with Crippen molar-refractivity contribution in [3.63, 3.8) is 0 Å². The molecule has 0 bridgehead atoms. The van der Waals surface area contributed by atoms with Gasteiger partial charge in [0, 0.05) is 30.7 Å². The number of ether oxygens (including phenoxy) is 8. The molecule has 4 aliphatic heterocycles. The minimum absolute atomic E-state index is 0.00227. The minimum atomic E-state index is -1.64. The number of amides is 4. The van der Waals surface area contributed by atoms with Crippen LogP contribution in [0.4, 0.5) is 19.2 Å². The largest absolute Gasteiger partial charge is 0.508 e. The van der Waals surface area contributed by atoms with Crippen LogP contribution in [0, 0.1) is 0 Å². The fourth-order valence-electron chi connectivity index (χ4n) is 6.44. The van der Waals surface area contributed by atoms with Gasteiger partial charge in [-0.05, 0) is 29.0 Å². The highest BCUT2D eigenvalue weighted by molar-refractivity contribution is 8.03. The highest BCUT2D eigenvalue weighted by Gasteiger charge is 2.52. The first-order valence-electron chi connectivity index (χ1n) is 18.8. The van der Waals surface area contributed by atoms with Gasteiger partial charge in [-0.25, -0.2) is 38.3 Å². The lowest BCUT2D eigenvalue weighted by atomic mass is 9.91. The molecule has 0 saturated carbocycles. The summed E-state index contributed by atoms with van der Waals surface area (Å²) >= 11 is 0. The van der Waals surface area contributed by atoms with Gasteiger partial charge in [0.25, 0.3) is 0 Å².